The van der Waals surface area contributed by atoms with E-state index in [-0.39, 0.29) is 27.8 Å². The highest BCUT2D eigenvalue weighted by atomic mass is 35.5. The normalized spacial score (nSPS) is 14.2. The van der Waals surface area contributed by atoms with E-state index in [1.165, 1.54) is 36.5 Å². The summed E-state index contributed by atoms with van der Waals surface area (Å²) in [6, 6.07) is 9.51. The minimum Gasteiger partial charge on any atom is -0.375 e. The number of piperazine rings is 1. The summed E-state index contributed by atoms with van der Waals surface area (Å²) in [6.07, 6.45) is -0.0742. The van der Waals surface area contributed by atoms with Gasteiger partial charge < -0.3 is 15.5 Å². The van der Waals surface area contributed by atoms with Crippen LogP contribution in [0.25, 0.3) is 11.3 Å². The molecule has 1 saturated heterocycles. The number of hydrogen-bond acceptors (Lipinski definition) is 8. The maximum atomic E-state index is 14.3. The van der Waals surface area contributed by atoms with Gasteiger partial charge in [0.15, 0.2) is 5.69 Å². The molecule has 1 amide bonds. The van der Waals surface area contributed by atoms with Crippen LogP contribution in [0.4, 0.5) is 34.8 Å². The van der Waals surface area contributed by atoms with Crippen LogP contribution in [0.15, 0.2) is 54.9 Å². The average Bonchev–Trinajstić information content (AvgIpc) is 2.92. The van der Waals surface area contributed by atoms with Gasteiger partial charge in [0.1, 0.15) is 11.6 Å². The third kappa shape index (κ3) is 7.64. The minimum atomic E-state index is -4.85. The van der Waals surface area contributed by atoms with Crippen molar-refractivity contribution in [2.75, 3.05) is 43.4 Å². The lowest BCUT2D eigenvalue weighted by atomic mass is 10.1. The van der Waals surface area contributed by atoms with Crippen LogP contribution in [0.3, 0.4) is 0 Å². The lowest BCUT2D eigenvalue weighted by Crippen LogP contribution is -2.44. The second kappa shape index (κ2) is 12.7. The molecule has 0 aliphatic carbocycles. The van der Waals surface area contributed by atoms with Gasteiger partial charge in [-0.1, -0.05) is 11.6 Å². The number of nitriles is 1. The number of carbonyl (C=O) groups is 1. The van der Waals surface area contributed by atoms with Crippen molar-refractivity contribution < 1.29 is 22.4 Å². The number of carbonyl (C=O) groups excluding carboxylic acids is 1. The number of nitrogens with one attached hydrogen (secondary N) is 2. The Balaban J connectivity index is 1.46. The highest BCUT2D eigenvalue weighted by Gasteiger charge is 2.37. The molecule has 0 spiro atoms. The van der Waals surface area contributed by atoms with Crippen LogP contribution in [0.1, 0.15) is 12.1 Å². The summed E-state index contributed by atoms with van der Waals surface area (Å²) in [5.41, 5.74) is -1.89. The summed E-state index contributed by atoms with van der Waals surface area (Å²) in [7, 11) is 0. The molecular weight excluding hydrogens is 552 g/mol. The van der Waals surface area contributed by atoms with E-state index in [0.717, 1.165) is 25.2 Å². The fourth-order valence-electron chi connectivity index (χ4n) is 3.94. The first kappa shape index (κ1) is 28.7. The van der Waals surface area contributed by atoms with Gasteiger partial charge in [-0.05, 0) is 30.3 Å². The number of anilines is 3. The molecule has 1 fully saturated rings. The average molecular weight is 575 g/mol. The first-order valence-corrected chi connectivity index (χ1v) is 12.5. The summed E-state index contributed by atoms with van der Waals surface area (Å²) in [6.45, 7) is 3.67. The summed E-state index contributed by atoms with van der Waals surface area (Å²) in [4.78, 5) is 20.6. The number of alkyl halides is 3. The van der Waals surface area contributed by atoms with Crippen LogP contribution < -0.4 is 10.6 Å². The first-order valence-electron chi connectivity index (χ1n) is 12.1. The molecule has 2 aromatic heterocycles. The van der Waals surface area contributed by atoms with Gasteiger partial charge >= 0.3 is 6.18 Å². The molecular formula is C26H23ClF4N8O. The SMILES string of the molecule is N#CCCN1CCN(C=CC(=O)Nc2cc(Nc3cc(-c4cc(Cl)ccc4F)nnc3C(F)(F)F)ccn2)CC1. The Morgan fingerprint density at radius 3 is 2.62 bits per heavy atom. The molecule has 1 aliphatic heterocycles. The number of hydrogen-bond donors (Lipinski definition) is 2. The summed E-state index contributed by atoms with van der Waals surface area (Å²) < 4.78 is 55.3. The predicted molar refractivity (Wildman–Crippen MR) is 141 cm³/mol. The molecule has 0 saturated carbocycles. The van der Waals surface area contributed by atoms with Crippen LogP contribution >= 0.6 is 11.6 Å². The Morgan fingerprint density at radius 1 is 1.12 bits per heavy atom. The van der Waals surface area contributed by atoms with Gasteiger partial charge in [0.25, 0.3) is 5.91 Å². The van der Waals surface area contributed by atoms with Gasteiger partial charge in [0.05, 0.1) is 17.5 Å². The van der Waals surface area contributed by atoms with Gasteiger partial charge in [0.2, 0.25) is 0 Å². The van der Waals surface area contributed by atoms with E-state index in [4.69, 9.17) is 16.9 Å². The quantitative estimate of drug-likeness (QED) is 0.283. The van der Waals surface area contributed by atoms with Crippen LogP contribution in [-0.4, -0.2) is 63.6 Å². The molecule has 4 rings (SSSR count). The fraction of sp³-hybridized carbons (Fsp3) is 0.269. The summed E-state index contributed by atoms with van der Waals surface area (Å²) in [5, 5.41) is 20.9. The van der Waals surface area contributed by atoms with Crippen molar-refractivity contribution in [1.29, 1.82) is 5.26 Å². The molecule has 2 N–H and O–H groups in total. The maximum Gasteiger partial charge on any atom is 0.437 e. The Morgan fingerprint density at radius 2 is 1.90 bits per heavy atom. The number of benzene rings is 1. The molecule has 14 heteroatoms. The number of rotatable bonds is 8. The molecule has 1 aromatic carbocycles. The topological polar surface area (TPSA) is 110 Å². The van der Waals surface area contributed by atoms with Gasteiger partial charge in [-0.15, -0.1) is 10.2 Å². The number of halogens is 5. The standard InChI is InChI=1S/C26H23ClF4N8O/c27-17-2-3-20(28)19(14-17)21-16-22(25(37-36-21)26(29,30)31)34-18-4-7-33-23(15-18)35-24(40)5-9-39-12-10-38(11-13-39)8-1-6-32/h2-5,7,9,14-16H,1,8,10-13H2,(H2,33,34,35,36,40). The van der Waals surface area contributed by atoms with E-state index in [0.29, 0.717) is 26.1 Å². The van der Waals surface area contributed by atoms with Crippen LogP contribution in [0.2, 0.25) is 5.02 Å². The Kier molecular flexibility index (Phi) is 9.13. The van der Waals surface area contributed by atoms with E-state index in [1.807, 2.05) is 4.90 Å². The zero-order chi connectivity index (χ0) is 28.7. The van der Waals surface area contributed by atoms with Gasteiger partial charge in [-0.25, -0.2) is 9.37 Å². The molecule has 40 heavy (non-hydrogen) atoms. The predicted octanol–water partition coefficient (Wildman–Crippen LogP) is 5.08. The molecule has 3 heterocycles. The van der Waals surface area contributed by atoms with Crippen molar-refractivity contribution >= 4 is 34.7 Å². The molecule has 0 radical (unpaired) electrons. The van der Waals surface area contributed by atoms with E-state index in [1.54, 1.807) is 6.20 Å². The smallest absolute Gasteiger partial charge is 0.375 e. The molecule has 0 bridgehead atoms. The molecule has 1 aliphatic rings. The maximum absolute atomic E-state index is 14.3. The third-order valence-electron chi connectivity index (χ3n) is 5.94. The van der Waals surface area contributed by atoms with Gasteiger partial charge in [-0.3, -0.25) is 9.69 Å². The van der Waals surface area contributed by atoms with Crippen molar-refractivity contribution in [1.82, 2.24) is 25.0 Å². The molecule has 9 nitrogen and oxygen atoms in total. The molecule has 208 valence electrons. The van der Waals surface area contributed by atoms with E-state index in [2.05, 4.69) is 36.8 Å². The van der Waals surface area contributed by atoms with Gasteiger partial charge in [0, 0.05) is 80.0 Å². The Hall–Kier alpha value is -4.28. The Labute approximate surface area is 232 Å². The number of nitrogens with zero attached hydrogens (tertiary/aromatic N) is 6. The van der Waals surface area contributed by atoms with Crippen LogP contribution in [0.5, 0.6) is 0 Å². The third-order valence-corrected chi connectivity index (χ3v) is 6.18. The lowest BCUT2D eigenvalue weighted by molar-refractivity contribution is -0.141. The summed E-state index contributed by atoms with van der Waals surface area (Å²) >= 11 is 5.92. The second-order valence-corrected chi connectivity index (χ2v) is 9.20. The van der Waals surface area contributed by atoms with Crippen molar-refractivity contribution in [3.05, 3.63) is 71.4 Å². The monoisotopic (exact) mass is 574 g/mol. The molecule has 0 atom stereocenters. The summed E-state index contributed by atoms with van der Waals surface area (Å²) in [5.74, 6) is -1.11. The minimum absolute atomic E-state index is 0.0951. The largest absolute Gasteiger partial charge is 0.437 e. The molecule has 0 unspecified atom stereocenters. The number of amides is 1. The van der Waals surface area contributed by atoms with E-state index < -0.39 is 29.3 Å². The van der Waals surface area contributed by atoms with Crippen molar-refractivity contribution in [2.24, 2.45) is 0 Å². The zero-order valence-electron chi connectivity index (χ0n) is 20.9. The van der Waals surface area contributed by atoms with Crippen LogP contribution in [0, 0.1) is 17.1 Å². The van der Waals surface area contributed by atoms with Gasteiger partial charge in [-0.2, -0.15) is 18.4 Å². The van der Waals surface area contributed by atoms with Crippen molar-refractivity contribution in [2.45, 2.75) is 12.6 Å². The Bertz CT molecular complexity index is 1430. The highest BCUT2D eigenvalue weighted by Crippen LogP contribution is 2.36. The van der Waals surface area contributed by atoms with E-state index in [9.17, 15) is 22.4 Å². The molecule has 3 aromatic rings. The van der Waals surface area contributed by atoms with Crippen molar-refractivity contribution in [3.8, 4) is 17.3 Å². The highest BCUT2D eigenvalue weighted by molar-refractivity contribution is 6.30. The fourth-order valence-corrected chi connectivity index (χ4v) is 4.11. The van der Waals surface area contributed by atoms with Crippen molar-refractivity contribution in [3.63, 3.8) is 0 Å². The lowest BCUT2D eigenvalue weighted by Gasteiger charge is -2.33. The first-order chi connectivity index (χ1) is 19.1. The number of aromatic nitrogens is 3. The number of pyridine rings is 1. The zero-order valence-corrected chi connectivity index (χ0v) is 21.7. The second-order valence-electron chi connectivity index (χ2n) is 8.76. The van der Waals surface area contributed by atoms with E-state index >= 15 is 0 Å². The van der Waals surface area contributed by atoms with Crippen LogP contribution in [-0.2, 0) is 11.0 Å².